The van der Waals surface area contributed by atoms with Crippen LogP contribution in [0, 0.1) is 0 Å². The van der Waals surface area contributed by atoms with Gasteiger partial charge in [-0.3, -0.25) is 19.4 Å². The van der Waals surface area contributed by atoms with Crippen molar-refractivity contribution >= 4 is 11.8 Å². The van der Waals surface area contributed by atoms with Gasteiger partial charge in [0.2, 0.25) is 11.8 Å². The van der Waals surface area contributed by atoms with Crippen molar-refractivity contribution in [1.29, 1.82) is 0 Å². The Kier molecular flexibility index (Phi) is 38.5. The molecule has 370 valence electrons. The Hall–Kier alpha value is -3.38. The fourth-order valence-electron chi connectivity index (χ4n) is 7.68. The predicted octanol–water partition coefficient (Wildman–Crippen LogP) is 9.74. The second kappa shape index (κ2) is 42.0. The molecular formula is C55H94N4O6. The third-order valence-corrected chi connectivity index (χ3v) is 11.3. The van der Waals surface area contributed by atoms with Crippen LogP contribution < -0.4 is 10.6 Å². The number of nitrogens with zero attached hydrogens (tertiary/aromatic N) is 2. The lowest BCUT2D eigenvalue weighted by Gasteiger charge is -2.31. The normalized spacial score (nSPS) is 18.4. The molecule has 0 aliphatic carbocycles. The maximum absolute atomic E-state index is 13.2. The molecule has 1 rings (SSSR count). The van der Waals surface area contributed by atoms with Gasteiger partial charge in [0.15, 0.2) is 0 Å². The molecule has 6 N–H and O–H groups in total. The van der Waals surface area contributed by atoms with Crippen LogP contribution in [0.5, 0.6) is 0 Å². The molecule has 1 aliphatic heterocycles. The molecule has 0 bridgehead atoms. The number of unbranched alkanes of at least 4 members (excludes halogenated alkanes) is 5. The monoisotopic (exact) mass is 907 g/mol. The van der Waals surface area contributed by atoms with Crippen LogP contribution in [0.1, 0.15) is 163 Å². The number of aliphatic hydroxyl groups is 4. The minimum Gasteiger partial charge on any atom is -0.391 e. The zero-order valence-corrected chi connectivity index (χ0v) is 41.3. The smallest absolute Gasteiger partial charge is 0.243 e. The van der Waals surface area contributed by atoms with E-state index >= 15 is 0 Å². The highest BCUT2D eigenvalue weighted by Gasteiger charge is 2.33. The van der Waals surface area contributed by atoms with Gasteiger partial charge in [0.05, 0.1) is 24.4 Å². The van der Waals surface area contributed by atoms with E-state index in [2.05, 4.69) is 121 Å². The van der Waals surface area contributed by atoms with E-state index in [0.29, 0.717) is 90.6 Å². The lowest BCUT2D eigenvalue weighted by Crippen LogP contribution is -2.61. The molecule has 0 saturated carbocycles. The van der Waals surface area contributed by atoms with Crippen LogP contribution in [-0.4, -0.2) is 118 Å². The molecule has 65 heavy (non-hydrogen) atoms. The molecule has 6 unspecified atom stereocenters. The van der Waals surface area contributed by atoms with E-state index in [1.54, 1.807) is 0 Å². The summed E-state index contributed by atoms with van der Waals surface area (Å²) in [5, 5.41) is 49.4. The molecular weight excluding hydrogens is 813 g/mol. The summed E-state index contributed by atoms with van der Waals surface area (Å²) < 4.78 is 0. The first-order valence-electron chi connectivity index (χ1n) is 25.6. The van der Waals surface area contributed by atoms with Crippen molar-refractivity contribution in [2.75, 3.05) is 39.3 Å². The van der Waals surface area contributed by atoms with E-state index in [9.17, 15) is 30.0 Å². The second-order valence-corrected chi connectivity index (χ2v) is 17.6. The first-order valence-corrected chi connectivity index (χ1v) is 25.6. The van der Waals surface area contributed by atoms with Crippen LogP contribution in [-0.2, 0) is 9.59 Å². The maximum Gasteiger partial charge on any atom is 0.243 e. The summed E-state index contributed by atoms with van der Waals surface area (Å²) in [6, 6.07) is -1.18. The SMILES string of the molecule is CC/C=C\C/C=C\CC(O)CN(CCCCC1NC(=O)C(CCCCN(CC(O)C/C=C\C/C=C\CC)CC(O)C/C=C\C/C=C\CCCCC)NC1=O)CC(O)C/C=C\C/C=C\CC. The van der Waals surface area contributed by atoms with Crippen molar-refractivity contribution in [2.24, 2.45) is 0 Å². The van der Waals surface area contributed by atoms with Gasteiger partial charge in [-0.25, -0.2) is 0 Å². The van der Waals surface area contributed by atoms with Crippen molar-refractivity contribution in [1.82, 2.24) is 20.4 Å². The summed E-state index contributed by atoms with van der Waals surface area (Å²) >= 11 is 0. The number of allylic oxidation sites excluding steroid dienone is 12. The number of hydrogen-bond acceptors (Lipinski definition) is 8. The van der Waals surface area contributed by atoms with Gasteiger partial charge < -0.3 is 31.1 Å². The molecule has 0 aromatic carbocycles. The van der Waals surface area contributed by atoms with Crippen LogP contribution >= 0.6 is 0 Å². The van der Waals surface area contributed by atoms with Gasteiger partial charge >= 0.3 is 0 Å². The number of rotatable bonds is 41. The van der Waals surface area contributed by atoms with Crippen molar-refractivity contribution in [3.8, 4) is 0 Å². The second-order valence-electron chi connectivity index (χ2n) is 17.6. The molecule has 0 aromatic heterocycles. The minimum atomic E-state index is -0.590. The molecule has 10 heteroatoms. The molecule has 2 amide bonds. The Balaban J connectivity index is 2.68. The number of carbonyl (C=O) groups is 2. The van der Waals surface area contributed by atoms with E-state index < -0.39 is 36.5 Å². The van der Waals surface area contributed by atoms with Crippen LogP contribution in [0.4, 0.5) is 0 Å². The van der Waals surface area contributed by atoms with E-state index in [1.807, 2.05) is 24.3 Å². The third-order valence-electron chi connectivity index (χ3n) is 11.3. The number of hydrogen-bond donors (Lipinski definition) is 6. The molecule has 0 spiro atoms. The van der Waals surface area contributed by atoms with E-state index in [4.69, 9.17) is 0 Å². The van der Waals surface area contributed by atoms with Crippen LogP contribution in [0.15, 0.2) is 97.2 Å². The summed E-state index contributed by atoms with van der Waals surface area (Å²) in [4.78, 5) is 30.6. The van der Waals surface area contributed by atoms with Gasteiger partial charge in [-0.2, -0.15) is 0 Å². The van der Waals surface area contributed by atoms with Crippen molar-refractivity contribution < 1.29 is 30.0 Å². The van der Waals surface area contributed by atoms with Crippen molar-refractivity contribution in [3.05, 3.63) is 97.2 Å². The largest absolute Gasteiger partial charge is 0.391 e. The molecule has 6 atom stereocenters. The van der Waals surface area contributed by atoms with Crippen molar-refractivity contribution in [3.63, 3.8) is 0 Å². The number of amides is 2. The molecule has 1 saturated heterocycles. The molecule has 0 radical (unpaired) electrons. The topological polar surface area (TPSA) is 146 Å². The number of carbonyl (C=O) groups excluding carboxylic acids is 2. The van der Waals surface area contributed by atoms with Gasteiger partial charge in [0.25, 0.3) is 0 Å². The fraction of sp³-hybridized carbons (Fsp3) is 0.673. The Morgan fingerprint density at radius 2 is 0.754 bits per heavy atom. The maximum atomic E-state index is 13.2. The van der Waals surface area contributed by atoms with Gasteiger partial charge in [-0.15, -0.1) is 0 Å². The summed E-state index contributed by atoms with van der Waals surface area (Å²) in [5.41, 5.74) is 0. The first kappa shape index (κ1) is 59.6. The van der Waals surface area contributed by atoms with Crippen LogP contribution in [0.3, 0.4) is 0 Å². The average molecular weight is 907 g/mol. The van der Waals surface area contributed by atoms with Gasteiger partial charge in [-0.1, -0.05) is 138 Å². The highest BCUT2D eigenvalue weighted by atomic mass is 16.3. The van der Waals surface area contributed by atoms with E-state index in [1.165, 1.54) is 19.3 Å². The van der Waals surface area contributed by atoms with E-state index in [-0.39, 0.29) is 11.8 Å². The minimum absolute atomic E-state index is 0.162. The highest BCUT2D eigenvalue weighted by Crippen LogP contribution is 2.14. The summed E-state index contributed by atoms with van der Waals surface area (Å²) in [6.07, 6.45) is 48.7. The number of piperazine rings is 1. The zero-order chi connectivity index (χ0) is 47.6. The number of nitrogens with one attached hydrogen (secondary N) is 2. The average Bonchev–Trinajstić information content (AvgIpc) is 3.28. The van der Waals surface area contributed by atoms with Crippen LogP contribution in [0.2, 0.25) is 0 Å². The quantitative estimate of drug-likeness (QED) is 0.0263. The molecule has 1 fully saturated rings. The first-order chi connectivity index (χ1) is 31.6. The number of aliphatic hydroxyl groups excluding tert-OH is 4. The molecule has 10 nitrogen and oxygen atoms in total. The van der Waals surface area contributed by atoms with Gasteiger partial charge in [-0.05, 0) is 135 Å². The molecule has 1 heterocycles. The Morgan fingerprint density at radius 3 is 1.08 bits per heavy atom. The van der Waals surface area contributed by atoms with E-state index in [0.717, 1.165) is 64.2 Å². The Labute approximate surface area is 396 Å². The lowest BCUT2D eigenvalue weighted by molar-refractivity contribution is -0.137. The highest BCUT2D eigenvalue weighted by molar-refractivity contribution is 5.96. The lowest BCUT2D eigenvalue weighted by atomic mass is 10.0. The third kappa shape index (κ3) is 34.6. The standard InChI is InChI=1S/C55H94N4O6/c1-5-9-13-17-21-22-23-27-31-39-51(63)47-59(46-50(62)38-30-26-20-16-12-8-4)43-35-33-41-53-55(65)56-52(54(64)57-53)40-32-34-42-58(44-48(60)36-28-24-18-14-10-6-2)45-49(61)37-29-25-19-15-11-7-3/h10-12,14-16,21-22,24-31,48-53,60-63H,5-9,13,17-20,23,32-47H2,1-4H3,(H,56,65)(H,57,64)/b14-10-,15-11-,16-12-,22-21-,28-24-,29-25-,30-26-,31-27-. The van der Waals surface area contributed by atoms with Crippen molar-refractivity contribution in [2.45, 2.75) is 199 Å². The Morgan fingerprint density at radius 1 is 0.431 bits per heavy atom. The molecule has 1 aliphatic rings. The fourth-order valence-corrected chi connectivity index (χ4v) is 7.68. The zero-order valence-electron chi connectivity index (χ0n) is 41.3. The Bertz CT molecular complexity index is 1380. The van der Waals surface area contributed by atoms with Gasteiger partial charge in [0, 0.05) is 26.2 Å². The van der Waals surface area contributed by atoms with Crippen LogP contribution in [0.25, 0.3) is 0 Å². The predicted molar refractivity (Wildman–Crippen MR) is 274 cm³/mol. The van der Waals surface area contributed by atoms with Gasteiger partial charge in [0.1, 0.15) is 12.1 Å². The summed E-state index contributed by atoms with van der Waals surface area (Å²) in [5.74, 6) is -0.325. The molecule has 0 aromatic rings. The summed E-state index contributed by atoms with van der Waals surface area (Å²) in [6.45, 7) is 11.6. The summed E-state index contributed by atoms with van der Waals surface area (Å²) in [7, 11) is 0.